The summed E-state index contributed by atoms with van der Waals surface area (Å²) in [5.41, 5.74) is 3.51. The number of carbonyl (C=O) groups excluding carboxylic acids is 1. The maximum absolute atomic E-state index is 13.5. The number of thioether (sulfide) groups is 1. The van der Waals surface area contributed by atoms with Gasteiger partial charge in [0.2, 0.25) is 11.1 Å². The van der Waals surface area contributed by atoms with Crippen LogP contribution in [-0.2, 0) is 11.4 Å². The van der Waals surface area contributed by atoms with E-state index in [4.69, 9.17) is 26.4 Å². The molecule has 2 aliphatic rings. The molecule has 0 amide bonds. The van der Waals surface area contributed by atoms with Gasteiger partial charge in [-0.1, -0.05) is 74.5 Å². The number of Topliss-reactive ketones (excluding diaryl/α,β-unsaturated/α-hetero) is 1. The van der Waals surface area contributed by atoms with Crippen molar-refractivity contribution in [1.82, 2.24) is 14.8 Å². The van der Waals surface area contributed by atoms with Crippen LogP contribution in [0.1, 0.15) is 57.2 Å². The molecule has 182 valence electrons. The van der Waals surface area contributed by atoms with Gasteiger partial charge in [0, 0.05) is 34.0 Å². The number of anilines is 1. The molecule has 1 N–H and O–H groups in total. The van der Waals surface area contributed by atoms with Crippen LogP contribution in [0, 0.1) is 5.41 Å². The average Bonchev–Trinajstić information content (AvgIpc) is 3.23. The van der Waals surface area contributed by atoms with Crippen LogP contribution < -0.4 is 10.1 Å². The standard InChI is InChI=1S/C27H29ClN4O2S/c1-4-13-35-26-30-25-29-20-14-27(2,3)15-21(33)23(20)24(32(25)31-26)19-7-5-6-8-22(19)34-16-17-9-11-18(28)12-10-17/h5-12,24H,4,13-16H2,1-3H3,(H,29,30,31). The number of rotatable bonds is 7. The van der Waals surface area contributed by atoms with Gasteiger partial charge in [0.25, 0.3) is 0 Å². The third-order valence-corrected chi connectivity index (χ3v) is 7.56. The van der Waals surface area contributed by atoms with Crippen LogP contribution >= 0.6 is 23.4 Å². The number of halogens is 1. The van der Waals surface area contributed by atoms with Gasteiger partial charge in [-0.05, 0) is 42.0 Å². The van der Waals surface area contributed by atoms with Crippen LogP contribution in [0.4, 0.5) is 5.95 Å². The minimum Gasteiger partial charge on any atom is -0.489 e. The molecule has 1 atom stereocenters. The molecule has 0 fully saturated rings. The summed E-state index contributed by atoms with van der Waals surface area (Å²) in [6.45, 7) is 6.81. The molecule has 0 saturated heterocycles. The summed E-state index contributed by atoms with van der Waals surface area (Å²) >= 11 is 7.66. The van der Waals surface area contributed by atoms with Crippen molar-refractivity contribution in [2.75, 3.05) is 11.1 Å². The number of fused-ring (bicyclic) bond motifs is 1. The molecule has 0 radical (unpaired) electrons. The van der Waals surface area contributed by atoms with Crippen molar-refractivity contribution in [2.45, 2.75) is 57.8 Å². The Labute approximate surface area is 215 Å². The molecular formula is C27H29ClN4O2S. The molecule has 5 rings (SSSR count). The highest BCUT2D eigenvalue weighted by atomic mass is 35.5. The van der Waals surface area contributed by atoms with Crippen molar-refractivity contribution in [2.24, 2.45) is 5.41 Å². The van der Waals surface area contributed by atoms with Gasteiger partial charge in [0.05, 0.1) is 0 Å². The van der Waals surface area contributed by atoms with Crippen molar-refractivity contribution in [3.63, 3.8) is 0 Å². The van der Waals surface area contributed by atoms with E-state index < -0.39 is 6.04 Å². The van der Waals surface area contributed by atoms with E-state index in [9.17, 15) is 4.79 Å². The largest absolute Gasteiger partial charge is 0.489 e. The topological polar surface area (TPSA) is 69.0 Å². The molecule has 1 aliphatic carbocycles. The summed E-state index contributed by atoms with van der Waals surface area (Å²) < 4.78 is 8.15. The van der Waals surface area contributed by atoms with Gasteiger partial charge in [-0.3, -0.25) is 4.79 Å². The van der Waals surface area contributed by atoms with Crippen LogP contribution in [0.25, 0.3) is 0 Å². The van der Waals surface area contributed by atoms with E-state index in [1.165, 1.54) is 0 Å². The van der Waals surface area contributed by atoms with E-state index in [0.717, 1.165) is 46.7 Å². The summed E-state index contributed by atoms with van der Waals surface area (Å²) in [6.07, 6.45) is 2.32. The second kappa shape index (κ2) is 9.70. The Hall–Kier alpha value is -2.77. The van der Waals surface area contributed by atoms with Crippen molar-refractivity contribution in [3.8, 4) is 5.75 Å². The van der Waals surface area contributed by atoms with Crippen molar-refractivity contribution >= 4 is 35.1 Å². The van der Waals surface area contributed by atoms with Crippen LogP contribution in [0.2, 0.25) is 5.02 Å². The number of aromatic nitrogens is 3. The molecule has 2 aromatic carbocycles. The smallest absolute Gasteiger partial charge is 0.227 e. The van der Waals surface area contributed by atoms with E-state index in [1.807, 2.05) is 53.2 Å². The second-order valence-corrected chi connectivity index (χ2v) is 11.3. The number of benzene rings is 2. The minimum atomic E-state index is -0.394. The number of ether oxygens (including phenoxy) is 1. The first-order chi connectivity index (χ1) is 16.8. The molecule has 8 heteroatoms. The first-order valence-electron chi connectivity index (χ1n) is 11.9. The van der Waals surface area contributed by atoms with Crippen LogP contribution in [-0.4, -0.2) is 26.3 Å². The molecule has 0 spiro atoms. The number of nitrogens with one attached hydrogen (secondary N) is 1. The van der Waals surface area contributed by atoms with Crippen molar-refractivity contribution in [1.29, 1.82) is 0 Å². The Balaban J connectivity index is 1.56. The number of hydrogen-bond acceptors (Lipinski definition) is 6. The van der Waals surface area contributed by atoms with Gasteiger partial charge < -0.3 is 10.1 Å². The molecular weight excluding hydrogens is 480 g/mol. The Morgan fingerprint density at radius 1 is 1.17 bits per heavy atom. The average molecular weight is 509 g/mol. The Morgan fingerprint density at radius 3 is 2.71 bits per heavy atom. The van der Waals surface area contributed by atoms with E-state index in [2.05, 4.69) is 26.1 Å². The molecule has 0 bridgehead atoms. The highest BCUT2D eigenvalue weighted by Crippen LogP contribution is 2.47. The fraction of sp³-hybridized carbons (Fsp3) is 0.370. The first kappa shape index (κ1) is 23.9. The lowest BCUT2D eigenvalue weighted by Gasteiger charge is -2.38. The zero-order valence-electron chi connectivity index (χ0n) is 20.2. The Morgan fingerprint density at radius 2 is 1.94 bits per heavy atom. The quantitative estimate of drug-likeness (QED) is 0.359. The number of nitrogens with zero attached hydrogens (tertiary/aromatic N) is 3. The van der Waals surface area contributed by atoms with E-state index in [1.54, 1.807) is 11.8 Å². The third kappa shape index (κ3) is 4.98. The lowest BCUT2D eigenvalue weighted by Crippen LogP contribution is -2.36. The SMILES string of the molecule is CCCSc1nc2n(n1)C(c1ccccc1OCc1ccc(Cl)cc1)C1=C(CC(C)(C)CC1=O)N2. The maximum atomic E-state index is 13.5. The highest BCUT2D eigenvalue weighted by molar-refractivity contribution is 7.99. The summed E-state index contributed by atoms with van der Waals surface area (Å²) in [7, 11) is 0. The summed E-state index contributed by atoms with van der Waals surface area (Å²) in [5, 5.41) is 9.68. The molecule has 1 unspecified atom stereocenters. The van der Waals surface area contributed by atoms with Gasteiger partial charge in [0.1, 0.15) is 18.4 Å². The van der Waals surface area contributed by atoms with Gasteiger partial charge in [-0.2, -0.15) is 4.98 Å². The molecule has 0 saturated carbocycles. The Bertz CT molecular complexity index is 1280. The summed E-state index contributed by atoms with van der Waals surface area (Å²) in [4.78, 5) is 18.3. The van der Waals surface area contributed by atoms with Crippen LogP contribution in [0.5, 0.6) is 5.75 Å². The first-order valence-corrected chi connectivity index (χ1v) is 13.3. The molecule has 1 aliphatic heterocycles. The molecule has 6 nitrogen and oxygen atoms in total. The zero-order chi connectivity index (χ0) is 24.6. The fourth-order valence-corrected chi connectivity index (χ4v) is 5.52. The minimum absolute atomic E-state index is 0.111. The van der Waals surface area contributed by atoms with Crippen LogP contribution in [0.3, 0.4) is 0 Å². The number of allylic oxidation sites excluding steroid dienone is 2. The van der Waals surface area contributed by atoms with E-state index in [-0.39, 0.29) is 11.2 Å². The van der Waals surface area contributed by atoms with E-state index in [0.29, 0.717) is 29.2 Å². The van der Waals surface area contributed by atoms with Crippen LogP contribution in [0.15, 0.2) is 65.0 Å². The number of carbonyl (C=O) groups is 1. The normalized spacial score (nSPS) is 18.6. The predicted molar refractivity (Wildman–Crippen MR) is 140 cm³/mol. The maximum Gasteiger partial charge on any atom is 0.227 e. The zero-order valence-corrected chi connectivity index (χ0v) is 21.7. The van der Waals surface area contributed by atoms with Gasteiger partial charge >= 0.3 is 0 Å². The van der Waals surface area contributed by atoms with E-state index >= 15 is 0 Å². The summed E-state index contributed by atoms with van der Waals surface area (Å²) in [5.74, 6) is 2.48. The van der Waals surface area contributed by atoms with Gasteiger partial charge in [0.15, 0.2) is 5.78 Å². The summed E-state index contributed by atoms with van der Waals surface area (Å²) in [6, 6.07) is 15.1. The Kier molecular flexibility index (Phi) is 6.64. The number of para-hydroxylation sites is 1. The third-order valence-electron chi connectivity index (χ3n) is 6.27. The number of hydrogen-bond donors (Lipinski definition) is 1. The monoisotopic (exact) mass is 508 g/mol. The molecule has 1 aromatic heterocycles. The lowest BCUT2D eigenvalue weighted by molar-refractivity contribution is -0.118. The van der Waals surface area contributed by atoms with Crippen molar-refractivity contribution < 1.29 is 9.53 Å². The molecule has 35 heavy (non-hydrogen) atoms. The van der Waals surface area contributed by atoms with Gasteiger partial charge in [-0.15, -0.1) is 5.10 Å². The second-order valence-electron chi connectivity index (χ2n) is 9.82. The number of ketones is 1. The molecule has 2 heterocycles. The van der Waals surface area contributed by atoms with Gasteiger partial charge in [-0.25, -0.2) is 4.68 Å². The highest BCUT2D eigenvalue weighted by Gasteiger charge is 2.42. The predicted octanol–water partition coefficient (Wildman–Crippen LogP) is 6.67. The van der Waals surface area contributed by atoms with Crippen molar-refractivity contribution in [3.05, 3.63) is 76.0 Å². The fourth-order valence-electron chi connectivity index (χ4n) is 4.71. The lowest BCUT2D eigenvalue weighted by atomic mass is 9.73. The molecule has 3 aromatic rings.